The predicted molar refractivity (Wildman–Crippen MR) is 122 cm³/mol. The zero-order valence-electron chi connectivity index (χ0n) is 18.5. The molecule has 2 heterocycles. The summed E-state index contributed by atoms with van der Waals surface area (Å²) in [5.41, 5.74) is 3.33. The van der Waals surface area contributed by atoms with Crippen LogP contribution in [0.5, 0.6) is 0 Å². The molecule has 0 aliphatic rings. The average Bonchev–Trinajstić information content (AvgIpc) is 3.33. The monoisotopic (exact) mass is 431 g/mol. The SMILES string of the molecule is Cc1c(NC(=O)Cn2nnc(-c3ccc(C(C)C)cc3)n2)c(=O)n(-c2ccccc2)n1C. The molecule has 0 saturated carbocycles. The van der Waals surface area contributed by atoms with Gasteiger partial charge < -0.3 is 5.32 Å². The molecular formula is C23H25N7O2. The Morgan fingerprint density at radius 1 is 1.06 bits per heavy atom. The van der Waals surface area contributed by atoms with E-state index in [1.807, 2.05) is 54.6 Å². The van der Waals surface area contributed by atoms with Gasteiger partial charge >= 0.3 is 0 Å². The van der Waals surface area contributed by atoms with Gasteiger partial charge in [-0.05, 0) is 35.8 Å². The first-order valence-corrected chi connectivity index (χ1v) is 10.4. The Kier molecular flexibility index (Phi) is 5.72. The van der Waals surface area contributed by atoms with Crippen LogP contribution in [0.4, 0.5) is 5.69 Å². The highest BCUT2D eigenvalue weighted by atomic mass is 16.2. The molecule has 0 atom stereocenters. The number of hydrogen-bond donors (Lipinski definition) is 1. The van der Waals surface area contributed by atoms with Gasteiger partial charge in [0.1, 0.15) is 12.2 Å². The van der Waals surface area contributed by atoms with Crippen LogP contribution in [0.1, 0.15) is 31.0 Å². The van der Waals surface area contributed by atoms with E-state index in [4.69, 9.17) is 0 Å². The van der Waals surface area contributed by atoms with Crippen molar-refractivity contribution in [1.82, 2.24) is 29.6 Å². The molecule has 0 aliphatic heterocycles. The molecule has 1 N–H and O–H groups in total. The lowest BCUT2D eigenvalue weighted by Crippen LogP contribution is -2.25. The first-order chi connectivity index (χ1) is 15.3. The predicted octanol–water partition coefficient (Wildman–Crippen LogP) is 2.90. The van der Waals surface area contributed by atoms with Gasteiger partial charge in [-0.1, -0.05) is 56.3 Å². The number of tetrazole rings is 1. The molecule has 0 bridgehead atoms. The molecule has 4 aromatic rings. The molecule has 4 rings (SSSR count). The third kappa shape index (κ3) is 4.09. The summed E-state index contributed by atoms with van der Waals surface area (Å²) < 4.78 is 3.22. The molecule has 0 saturated heterocycles. The van der Waals surface area contributed by atoms with Crippen LogP contribution in [-0.4, -0.2) is 35.5 Å². The van der Waals surface area contributed by atoms with Gasteiger partial charge in [0.15, 0.2) is 0 Å². The summed E-state index contributed by atoms with van der Waals surface area (Å²) in [4.78, 5) is 26.8. The van der Waals surface area contributed by atoms with Crippen molar-refractivity contribution >= 4 is 11.6 Å². The van der Waals surface area contributed by atoms with Crippen molar-refractivity contribution in [2.75, 3.05) is 5.32 Å². The minimum absolute atomic E-state index is 0.157. The van der Waals surface area contributed by atoms with Gasteiger partial charge in [-0.25, -0.2) is 4.68 Å². The Bertz CT molecular complexity index is 1300. The molecule has 2 aromatic heterocycles. The normalized spacial score (nSPS) is 11.2. The highest BCUT2D eigenvalue weighted by Gasteiger charge is 2.19. The van der Waals surface area contributed by atoms with Gasteiger partial charge in [-0.2, -0.15) is 4.80 Å². The van der Waals surface area contributed by atoms with Crippen molar-refractivity contribution in [2.24, 2.45) is 7.05 Å². The zero-order valence-corrected chi connectivity index (χ0v) is 18.5. The zero-order chi connectivity index (χ0) is 22.8. The Balaban J connectivity index is 1.50. The smallest absolute Gasteiger partial charge is 0.295 e. The van der Waals surface area contributed by atoms with Crippen LogP contribution in [0, 0.1) is 6.92 Å². The lowest BCUT2D eigenvalue weighted by molar-refractivity contribution is -0.117. The number of hydrogen-bond acceptors (Lipinski definition) is 5. The highest BCUT2D eigenvalue weighted by Crippen LogP contribution is 2.19. The van der Waals surface area contributed by atoms with Crippen LogP contribution in [-0.2, 0) is 18.4 Å². The van der Waals surface area contributed by atoms with Crippen molar-refractivity contribution in [2.45, 2.75) is 33.2 Å². The molecule has 0 radical (unpaired) electrons. The molecule has 164 valence electrons. The number of amides is 1. The van der Waals surface area contributed by atoms with E-state index >= 15 is 0 Å². The largest absolute Gasteiger partial charge is 0.318 e. The van der Waals surface area contributed by atoms with Crippen molar-refractivity contribution in [3.63, 3.8) is 0 Å². The minimum atomic E-state index is -0.407. The van der Waals surface area contributed by atoms with Gasteiger partial charge in [0.2, 0.25) is 11.7 Å². The third-order valence-corrected chi connectivity index (χ3v) is 5.39. The van der Waals surface area contributed by atoms with Crippen molar-refractivity contribution in [3.8, 4) is 17.1 Å². The molecule has 0 aliphatic carbocycles. The third-order valence-electron chi connectivity index (χ3n) is 5.39. The second kappa shape index (κ2) is 8.62. The lowest BCUT2D eigenvalue weighted by Gasteiger charge is -2.07. The fourth-order valence-electron chi connectivity index (χ4n) is 3.46. The maximum Gasteiger partial charge on any atom is 0.295 e. The van der Waals surface area contributed by atoms with E-state index in [1.54, 1.807) is 18.7 Å². The fraction of sp³-hybridized carbons (Fsp3) is 0.261. The molecule has 2 aromatic carbocycles. The Labute approximate surface area is 185 Å². The number of nitrogens with zero attached hydrogens (tertiary/aromatic N) is 6. The molecular weight excluding hydrogens is 406 g/mol. The van der Waals surface area contributed by atoms with Crippen molar-refractivity contribution < 1.29 is 4.79 Å². The quantitative estimate of drug-likeness (QED) is 0.506. The number of para-hydroxylation sites is 1. The fourth-order valence-corrected chi connectivity index (χ4v) is 3.46. The number of nitrogens with one attached hydrogen (secondary N) is 1. The van der Waals surface area contributed by atoms with E-state index < -0.39 is 5.91 Å². The molecule has 9 nitrogen and oxygen atoms in total. The Hall–Kier alpha value is -4.01. The highest BCUT2D eigenvalue weighted by molar-refractivity contribution is 5.90. The molecule has 1 amide bonds. The standard InChI is InChI=1S/C23H25N7O2/c1-15(2)17-10-12-18(13-11-17)22-25-27-29(26-22)14-20(31)24-21-16(3)28(4)30(23(21)32)19-8-6-5-7-9-19/h5-13,15H,14H2,1-4H3,(H,24,31). The number of anilines is 1. The maximum atomic E-state index is 12.9. The minimum Gasteiger partial charge on any atom is -0.318 e. The van der Waals surface area contributed by atoms with E-state index in [-0.39, 0.29) is 17.8 Å². The molecule has 0 fully saturated rings. The first kappa shape index (κ1) is 21.2. The summed E-state index contributed by atoms with van der Waals surface area (Å²) in [6, 6.07) is 17.2. The van der Waals surface area contributed by atoms with E-state index in [2.05, 4.69) is 34.6 Å². The van der Waals surface area contributed by atoms with Crippen LogP contribution in [0.25, 0.3) is 17.1 Å². The number of rotatable bonds is 6. The molecule has 9 heteroatoms. The van der Waals surface area contributed by atoms with Crippen LogP contribution in [0.3, 0.4) is 0 Å². The second-order valence-electron chi connectivity index (χ2n) is 7.90. The van der Waals surface area contributed by atoms with E-state index in [9.17, 15) is 9.59 Å². The summed E-state index contributed by atoms with van der Waals surface area (Å²) in [6.07, 6.45) is 0. The summed E-state index contributed by atoms with van der Waals surface area (Å²) in [7, 11) is 1.77. The van der Waals surface area contributed by atoms with Crippen LogP contribution >= 0.6 is 0 Å². The summed E-state index contributed by atoms with van der Waals surface area (Å²) in [5.74, 6) is 0.467. The maximum absolute atomic E-state index is 12.9. The Morgan fingerprint density at radius 2 is 1.75 bits per heavy atom. The lowest BCUT2D eigenvalue weighted by atomic mass is 10.0. The van der Waals surface area contributed by atoms with E-state index in [1.165, 1.54) is 15.0 Å². The van der Waals surface area contributed by atoms with Gasteiger partial charge in [0.25, 0.3) is 5.56 Å². The van der Waals surface area contributed by atoms with Crippen LogP contribution < -0.4 is 10.9 Å². The molecule has 32 heavy (non-hydrogen) atoms. The molecule has 0 unspecified atom stereocenters. The topological polar surface area (TPSA) is 99.6 Å². The van der Waals surface area contributed by atoms with Crippen LogP contribution in [0.2, 0.25) is 0 Å². The van der Waals surface area contributed by atoms with E-state index in [0.29, 0.717) is 17.4 Å². The molecule has 0 spiro atoms. The first-order valence-electron chi connectivity index (χ1n) is 10.4. The van der Waals surface area contributed by atoms with E-state index in [0.717, 1.165) is 11.3 Å². The second-order valence-corrected chi connectivity index (χ2v) is 7.90. The summed E-state index contributed by atoms with van der Waals surface area (Å²) in [5, 5.41) is 15.0. The van der Waals surface area contributed by atoms with Crippen molar-refractivity contribution in [1.29, 1.82) is 0 Å². The number of carbonyl (C=O) groups is 1. The number of aromatic nitrogens is 6. The Morgan fingerprint density at radius 3 is 2.41 bits per heavy atom. The van der Waals surface area contributed by atoms with Gasteiger partial charge in [0, 0.05) is 12.6 Å². The average molecular weight is 432 g/mol. The van der Waals surface area contributed by atoms with Crippen molar-refractivity contribution in [3.05, 3.63) is 76.2 Å². The number of carbonyl (C=O) groups excluding carboxylic acids is 1. The van der Waals surface area contributed by atoms with Gasteiger partial charge in [-0.15, -0.1) is 10.2 Å². The van der Waals surface area contributed by atoms with Crippen LogP contribution in [0.15, 0.2) is 59.4 Å². The number of benzene rings is 2. The summed E-state index contributed by atoms with van der Waals surface area (Å²) >= 11 is 0. The van der Waals surface area contributed by atoms with Gasteiger partial charge in [0.05, 0.1) is 11.4 Å². The summed E-state index contributed by atoms with van der Waals surface area (Å²) in [6.45, 7) is 5.88. The van der Waals surface area contributed by atoms with Gasteiger partial charge in [-0.3, -0.25) is 14.3 Å².